The number of ether oxygens (including phenoxy) is 3. The lowest BCUT2D eigenvalue weighted by molar-refractivity contribution is 0.0303. The Morgan fingerprint density at radius 1 is 1.12 bits per heavy atom. The zero-order valence-corrected chi connectivity index (χ0v) is 20.6. The van der Waals surface area contributed by atoms with Gasteiger partial charge in [-0.1, -0.05) is 36.0 Å². The summed E-state index contributed by atoms with van der Waals surface area (Å²) in [5, 5.41) is 9.78. The summed E-state index contributed by atoms with van der Waals surface area (Å²) in [7, 11) is 3.34. The molecule has 1 aromatic heterocycles. The maximum atomic E-state index is 12.7. The van der Waals surface area contributed by atoms with Crippen molar-refractivity contribution in [3.8, 4) is 17.1 Å². The fraction of sp³-hybridized carbons (Fsp3) is 0.400. The van der Waals surface area contributed by atoms with Crippen LogP contribution in [-0.2, 0) is 15.2 Å². The monoisotopic (exact) mass is 482 g/mol. The van der Waals surface area contributed by atoms with Crippen molar-refractivity contribution in [2.24, 2.45) is 0 Å². The summed E-state index contributed by atoms with van der Waals surface area (Å²) in [5.41, 5.74) is 2.75. The zero-order chi connectivity index (χ0) is 23.9. The maximum Gasteiger partial charge on any atom is 0.254 e. The summed E-state index contributed by atoms with van der Waals surface area (Å²) < 4.78 is 18.2. The number of amides is 1. The quantitative estimate of drug-likeness (QED) is 0.428. The number of methoxy groups -OCH3 is 2. The summed E-state index contributed by atoms with van der Waals surface area (Å²) in [6.45, 7) is 5.11. The molecule has 0 spiro atoms. The summed E-state index contributed by atoms with van der Waals surface area (Å²) in [5.74, 6) is 2.31. The first-order chi connectivity index (χ1) is 16.6. The molecule has 0 aliphatic carbocycles. The molecule has 9 heteroatoms. The van der Waals surface area contributed by atoms with Crippen LogP contribution in [0.5, 0.6) is 5.75 Å². The van der Waals surface area contributed by atoms with Gasteiger partial charge in [-0.15, -0.1) is 10.2 Å². The topological polar surface area (TPSA) is 78.7 Å². The average Bonchev–Trinajstić information content (AvgIpc) is 3.32. The van der Waals surface area contributed by atoms with Crippen LogP contribution < -0.4 is 4.74 Å². The first-order valence-electron chi connectivity index (χ1n) is 11.3. The number of nitrogens with zero attached hydrogens (tertiary/aromatic N) is 4. The first kappa shape index (κ1) is 24.3. The molecule has 0 unspecified atom stereocenters. The number of thioether (sulfide) groups is 1. The third-order valence-electron chi connectivity index (χ3n) is 5.71. The van der Waals surface area contributed by atoms with Crippen LogP contribution in [0.3, 0.4) is 0 Å². The number of benzene rings is 2. The lowest BCUT2D eigenvalue weighted by Gasteiger charge is -2.26. The van der Waals surface area contributed by atoms with Crippen molar-refractivity contribution in [2.45, 2.75) is 23.9 Å². The van der Waals surface area contributed by atoms with Crippen molar-refractivity contribution < 1.29 is 19.0 Å². The van der Waals surface area contributed by atoms with Crippen molar-refractivity contribution in [1.82, 2.24) is 19.7 Å². The van der Waals surface area contributed by atoms with E-state index in [1.54, 1.807) is 26.0 Å². The van der Waals surface area contributed by atoms with Gasteiger partial charge in [0, 0.05) is 37.1 Å². The molecule has 1 fully saturated rings. The van der Waals surface area contributed by atoms with Gasteiger partial charge in [-0.25, -0.2) is 0 Å². The molecule has 0 N–H and O–H groups in total. The Bertz CT molecular complexity index is 1100. The van der Waals surface area contributed by atoms with Gasteiger partial charge in [-0.2, -0.15) is 0 Å². The van der Waals surface area contributed by atoms with Gasteiger partial charge in [0.25, 0.3) is 5.91 Å². The van der Waals surface area contributed by atoms with Crippen LogP contribution in [0.25, 0.3) is 11.4 Å². The highest BCUT2D eigenvalue weighted by Crippen LogP contribution is 2.31. The average molecular weight is 483 g/mol. The van der Waals surface area contributed by atoms with Crippen LogP contribution in [0, 0.1) is 0 Å². The van der Waals surface area contributed by atoms with E-state index in [1.165, 1.54) is 0 Å². The van der Waals surface area contributed by atoms with Gasteiger partial charge in [-0.3, -0.25) is 9.36 Å². The molecule has 4 rings (SSSR count). The van der Waals surface area contributed by atoms with Crippen molar-refractivity contribution in [2.75, 3.05) is 47.1 Å². The molecule has 2 heterocycles. The van der Waals surface area contributed by atoms with Gasteiger partial charge in [0.15, 0.2) is 11.0 Å². The minimum atomic E-state index is 0.0530. The van der Waals surface area contributed by atoms with Crippen molar-refractivity contribution in [1.29, 1.82) is 0 Å². The smallest absolute Gasteiger partial charge is 0.254 e. The predicted molar refractivity (Wildman–Crippen MR) is 131 cm³/mol. The van der Waals surface area contributed by atoms with Crippen molar-refractivity contribution >= 4 is 17.7 Å². The normalized spacial score (nSPS) is 14.7. The summed E-state index contributed by atoms with van der Waals surface area (Å²) in [6.07, 6.45) is 0. The molecule has 180 valence electrons. The maximum absolute atomic E-state index is 12.7. The Balaban J connectivity index is 1.50. The molecule has 34 heavy (non-hydrogen) atoms. The van der Waals surface area contributed by atoms with E-state index < -0.39 is 0 Å². The van der Waals surface area contributed by atoms with Gasteiger partial charge >= 0.3 is 0 Å². The molecule has 1 amide bonds. The summed E-state index contributed by atoms with van der Waals surface area (Å²) in [6, 6.07) is 15.7. The number of hydrogen-bond acceptors (Lipinski definition) is 7. The summed E-state index contributed by atoms with van der Waals surface area (Å²) in [4.78, 5) is 14.5. The first-order valence-corrected chi connectivity index (χ1v) is 12.3. The largest absolute Gasteiger partial charge is 0.497 e. The van der Waals surface area contributed by atoms with E-state index in [2.05, 4.69) is 21.7 Å². The van der Waals surface area contributed by atoms with Gasteiger partial charge in [0.2, 0.25) is 0 Å². The minimum Gasteiger partial charge on any atom is -0.497 e. The second-order valence-corrected chi connectivity index (χ2v) is 9.05. The SMILES string of the molecule is COC[C@@H](C)n1c(SCc2ccc(C(=O)N3CCOCC3)cc2)nnc1-c1cccc(OC)c1. The molecule has 1 aliphatic heterocycles. The molecular formula is C25H30N4O4S. The van der Waals surface area contributed by atoms with E-state index in [4.69, 9.17) is 14.2 Å². The molecule has 1 saturated heterocycles. The second kappa shape index (κ2) is 11.5. The van der Waals surface area contributed by atoms with E-state index in [-0.39, 0.29) is 11.9 Å². The van der Waals surface area contributed by atoms with E-state index >= 15 is 0 Å². The van der Waals surface area contributed by atoms with Crippen LogP contribution in [0.15, 0.2) is 53.7 Å². The Hall–Kier alpha value is -2.88. The van der Waals surface area contributed by atoms with Crippen LogP contribution in [-0.4, -0.2) is 72.7 Å². The van der Waals surface area contributed by atoms with Crippen LogP contribution in [0.1, 0.15) is 28.9 Å². The molecule has 3 aromatic rings. The summed E-state index contributed by atoms with van der Waals surface area (Å²) >= 11 is 1.61. The molecule has 0 radical (unpaired) electrons. The molecular weight excluding hydrogens is 452 g/mol. The lowest BCUT2D eigenvalue weighted by atomic mass is 10.1. The number of morpholine rings is 1. The highest BCUT2D eigenvalue weighted by molar-refractivity contribution is 7.98. The Kier molecular flexibility index (Phi) is 8.21. The fourth-order valence-electron chi connectivity index (χ4n) is 3.89. The van der Waals surface area contributed by atoms with E-state index in [0.29, 0.717) is 44.2 Å². The molecule has 1 aliphatic rings. The van der Waals surface area contributed by atoms with Gasteiger partial charge in [-0.05, 0) is 36.8 Å². The van der Waals surface area contributed by atoms with Gasteiger partial charge < -0.3 is 19.1 Å². The third-order valence-corrected chi connectivity index (χ3v) is 6.72. The molecule has 8 nitrogen and oxygen atoms in total. The van der Waals surface area contributed by atoms with Crippen LogP contribution in [0.2, 0.25) is 0 Å². The third kappa shape index (κ3) is 5.60. The molecule has 1 atom stereocenters. The lowest BCUT2D eigenvalue weighted by Crippen LogP contribution is -2.40. The van der Waals surface area contributed by atoms with Crippen molar-refractivity contribution in [3.63, 3.8) is 0 Å². The Labute approximate surface area is 204 Å². The highest BCUT2D eigenvalue weighted by atomic mass is 32.2. The number of aromatic nitrogens is 3. The standard InChI is InChI=1S/C25H30N4O4S/c1-18(16-31-2)29-23(21-5-4-6-22(15-21)32-3)26-27-25(29)34-17-19-7-9-20(10-8-19)24(30)28-11-13-33-14-12-28/h4-10,15,18H,11-14,16-17H2,1-3H3/t18-/m1/s1. The van der Waals surface area contributed by atoms with Gasteiger partial charge in [0.1, 0.15) is 5.75 Å². The number of rotatable bonds is 9. The van der Waals surface area contributed by atoms with Gasteiger partial charge in [0.05, 0.1) is 33.0 Å². The molecule has 0 saturated carbocycles. The van der Waals surface area contributed by atoms with Crippen LogP contribution in [0.4, 0.5) is 0 Å². The van der Waals surface area contributed by atoms with E-state index in [9.17, 15) is 4.79 Å². The highest BCUT2D eigenvalue weighted by Gasteiger charge is 2.21. The predicted octanol–water partition coefficient (Wildman–Crippen LogP) is 3.93. The molecule has 0 bridgehead atoms. The molecule has 2 aromatic carbocycles. The van der Waals surface area contributed by atoms with Crippen molar-refractivity contribution in [3.05, 3.63) is 59.7 Å². The Morgan fingerprint density at radius 3 is 2.59 bits per heavy atom. The van der Waals surface area contributed by atoms with Crippen LogP contribution >= 0.6 is 11.8 Å². The number of carbonyl (C=O) groups excluding carboxylic acids is 1. The van der Waals surface area contributed by atoms with E-state index in [0.717, 1.165) is 27.9 Å². The number of hydrogen-bond donors (Lipinski definition) is 0. The Morgan fingerprint density at radius 2 is 1.88 bits per heavy atom. The fourth-order valence-corrected chi connectivity index (χ4v) is 4.88. The van der Waals surface area contributed by atoms with E-state index in [1.807, 2.05) is 53.4 Å². The second-order valence-electron chi connectivity index (χ2n) is 8.10. The zero-order valence-electron chi connectivity index (χ0n) is 19.8. The minimum absolute atomic E-state index is 0.0530. The number of carbonyl (C=O) groups is 1.